The second kappa shape index (κ2) is 14.8. The standard InChI is InChI=1S/C20H26NSi.C17H13N2.Ir/c1-22(2,3)20-15-21-19(17-11-5-4-6-12-17)14-18(20)13-16-9-7-8-10-16;1-13-11-19-17(15-8-5-9-18-12-15)10-16(13)14-6-3-2-4-7-14;/h4-6,11,14-16H,7-10,13H2,1-3H3;2-11H,1H3;/q2*-1;. The fourth-order valence-electron chi connectivity index (χ4n) is 5.64. The molecule has 1 saturated carbocycles. The van der Waals surface area contributed by atoms with Crippen LogP contribution < -0.4 is 5.19 Å². The van der Waals surface area contributed by atoms with Crippen LogP contribution in [0.3, 0.4) is 0 Å². The van der Waals surface area contributed by atoms with E-state index in [1.54, 1.807) is 16.9 Å². The van der Waals surface area contributed by atoms with Gasteiger partial charge in [-0.25, -0.2) is 0 Å². The maximum absolute atomic E-state index is 4.75. The molecule has 0 unspecified atom stereocenters. The van der Waals surface area contributed by atoms with Gasteiger partial charge < -0.3 is 15.0 Å². The summed E-state index contributed by atoms with van der Waals surface area (Å²) < 4.78 is 0. The van der Waals surface area contributed by atoms with Crippen LogP contribution in [0.2, 0.25) is 19.6 Å². The molecule has 1 aliphatic rings. The number of hydrogen-bond donors (Lipinski definition) is 0. The number of pyridine rings is 3. The van der Waals surface area contributed by atoms with Crippen molar-refractivity contribution in [2.75, 3.05) is 0 Å². The minimum atomic E-state index is -1.35. The van der Waals surface area contributed by atoms with Crippen molar-refractivity contribution in [1.82, 2.24) is 15.0 Å². The van der Waals surface area contributed by atoms with Gasteiger partial charge in [-0.1, -0.05) is 99.5 Å². The van der Waals surface area contributed by atoms with Crippen molar-refractivity contribution in [2.45, 2.75) is 58.7 Å². The maximum atomic E-state index is 4.75. The Hall–Kier alpha value is -3.24. The van der Waals surface area contributed by atoms with Gasteiger partial charge in [0.15, 0.2) is 0 Å². The molecule has 1 radical (unpaired) electrons. The molecular formula is C37H39IrN3Si-2. The molecule has 3 nitrogen and oxygen atoms in total. The first-order valence-electron chi connectivity index (χ1n) is 14.7. The summed E-state index contributed by atoms with van der Waals surface area (Å²) in [5.74, 6) is 0.880. The summed E-state index contributed by atoms with van der Waals surface area (Å²) in [5.41, 5.74) is 9.12. The van der Waals surface area contributed by atoms with Crippen molar-refractivity contribution in [3.8, 4) is 33.6 Å². The van der Waals surface area contributed by atoms with E-state index in [-0.39, 0.29) is 20.1 Å². The number of nitrogens with zero attached hydrogens (tertiary/aromatic N) is 3. The maximum Gasteiger partial charge on any atom is 0.0798 e. The van der Waals surface area contributed by atoms with E-state index in [9.17, 15) is 0 Å². The van der Waals surface area contributed by atoms with Crippen LogP contribution in [0.15, 0.2) is 97.5 Å². The molecule has 0 amide bonds. The van der Waals surface area contributed by atoms with Crippen LogP contribution in [0.4, 0.5) is 0 Å². The molecular weight excluding hydrogens is 707 g/mol. The van der Waals surface area contributed by atoms with E-state index in [4.69, 9.17) is 4.98 Å². The molecule has 1 aliphatic carbocycles. The van der Waals surface area contributed by atoms with Crippen molar-refractivity contribution in [3.63, 3.8) is 0 Å². The number of aryl methyl sites for hydroxylation is 1. The quantitative estimate of drug-likeness (QED) is 0.129. The molecule has 5 aromatic rings. The first-order chi connectivity index (χ1) is 19.9. The Labute approximate surface area is 266 Å². The van der Waals surface area contributed by atoms with Crippen LogP contribution in [0.5, 0.6) is 0 Å². The van der Waals surface area contributed by atoms with Gasteiger partial charge >= 0.3 is 0 Å². The fraction of sp³-hybridized carbons (Fsp3) is 0.270. The van der Waals surface area contributed by atoms with E-state index in [0.29, 0.717) is 0 Å². The monoisotopic (exact) mass is 746 g/mol. The van der Waals surface area contributed by atoms with Gasteiger partial charge in [0, 0.05) is 32.5 Å². The zero-order valence-corrected chi connectivity index (χ0v) is 28.4. The van der Waals surface area contributed by atoms with Crippen molar-refractivity contribution < 1.29 is 20.1 Å². The van der Waals surface area contributed by atoms with Crippen LogP contribution in [0.25, 0.3) is 33.6 Å². The van der Waals surface area contributed by atoms with Crippen molar-refractivity contribution in [3.05, 3.63) is 121 Å². The zero-order chi connectivity index (χ0) is 28.7. The molecule has 2 aromatic carbocycles. The van der Waals surface area contributed by atoms with Gasteiger partial charge in [-0.15, -0.1) is 53.6 Å². The second-order valence-corrected chi connectivity index (χ2v) is 17.1. The first-order valence-corrected chi connectivity index (χ1v) is 18.2. The smallest absolute Gasteiger partial charge is 0.0798 e. The Morgan fingerprint density at radius 1 is 0.810 bits per heavy atom. The molecule has 0 bridgehead atoms. The third-order valence-electron chi connectivity index (χ3n) is 7.84. The number of rotatable bonds is 6. The summed E-state index contributed by atoms with van der Waals surface area (Å²) in [5, 5.41) is 1.54. The van der Waals surface area contributed by atoms with Crippen LogP contribution in [-0.2, 0) is 26.5 Å². The van der Waals surface area contributed by atoms with E-state index in [0.717, 1.165) is 28.4 Å². The predicted molar refractivity (Wildman–Crippen MR) is 174 cm³/mol. The minimum Gasteiger partial charge on any atom is -0.360 e. The molecule has 0 aliphatic heterocycles. The van der Waals surface area contributed by atoms with Crippen LogP contribution in [0.1, 0.15) is 36.8 Å². The molecule has 0 saturated heterocycles. The van der Waals surface area contributed by atoms with E-state index in [1.807, 2.05) is 48.7 Å². The Morgan fingerprint density at radius 3 is 2.17 bits per heavy atom. The normalized spacial score (nSPS) is 13.1. The number of benzene rings is 2. The van der Waals surface area contributed by atoms with Gasteiger partial charge in [-0.3, -0.25) is 0 Å². The van der Waals surface area contributed by atoms with E-state index in [2.05, 4.69) is 91.4 Å². The summed E-state index contributed by atoms with van der Waals surface area (Å²) >= 11 is 0. The average Bonchev–Trinajstić information content (AvgIpc) is 3.52. The fourth-order valence-corrected chi connectivity index (χ4v) is 7.22. The summed E-state index contributed by atoms with van der Waals surface area (Å²) in [6, 6.07) is 30.1. The number of aromatic nitrogens is 3. The number of hydrogen-bond acceptors (Lipinski definition) is 3. The van der Waals surface area contributed by atoms with Crippen molar-refractivity contribution in [2.24, 2.45) is 5.92 Å². The van der Waals surface area contributed by atoms with E-state index >= 15 is 0 Å². The Morgan fingerprint density at radius 2 is 1.50 bits per heavy atom. The van der Waals surface area contributed by atoms with Gasteiger partial charge in [-0.2, -0.15) is 0 Å². The van der Waals surface area contributed by atoms with Crippen LogP contribution in [0, 0.1) is 25.1 Å². The average molecular weight is 746 g/mol. The zero-order valence-electron chi connectivity index (χ0n) is 25.0. The van der Waals surface area contributed by atoms with Crippen molar-refractivity contribution in [1.29, 1.82) is 0 Å². The minimum absolute atomic E-state index is 0. The molecule has 42 heavy (non-hydrogen) atoms. The van der Waals surface area contributed by atoms with Gasteiger partial charge in [0.25, 0.3) is 0 Å². The molecule has 0 atom stereocenters. The van der Waals surface area contributed by atoms with Gasteiger partial charge in [-0.05, 0) is 58.7 Å². The van der Waals surface area contributed by atoms with Gasteiger partial charge in [0.05, 0.1) is 8.07 Å². The summed E-state index contributed by atoms with van der Waals surface area (Å²) in [6.07, 6.45) is 15.6. The molecule has 6 rings (SSSR count). The van der Waals surface area contributed by atoms with Crippen LogP contribution in [-0.4, -0.2) is 23.0 Å². The molecule has 5 heteroatoms. The third kappa shape index (κ3) is 8.19. The SMILES string of the molecule is C[Si](C)(C)c1cnc(-c2[c-]cccc2)cc1CC1CCCC1.Cc1cnc(-c2[c-]nccc2)cc1-c1ccccc1.[Ir]. The van der Waals surface area contributed by atoms with E-state index in [1.165, 1.54) is 48.8 Å². The summed E-state index contributed by atoms with van der Waals surface area (Å²) in [4.78, 5) is 13.2. The Bertz CT molecular complexity index is 1550. The first kappa shape index (κ1) is 31.7. The topological polar surface area (TPSA) is 38.7 Å². The van der Waals surface area contributed by atoms with E-state index < -0.39 is 8.07 Å². The molecule has 3 heterocycles. The molecule has 217 valence electrons. The Balaban J connectivity index is 0.000000190. The summed E-state index contributed by atoms with van der Waals surface area (Å²) in [6.45, 7) is 9.36. The van der Waals surface area contributed by atoms with Crippen molar-refractivity contribution >= 4 is 13.3 Å². The van der Waals surface area contributed by atoms with Gasteiger partial charge in [0.1, 0.15) is 0 Å². The Kier molecular flexibility index (Phi) is 11.1. The summed E-state index contributed by atoms with van der Waals surface area (Å²) in [7, 11) is -1.35. The molecule has 3 aromatic heterocycles. The predicted octanol–water partition coefficient (Wildman–Crippen LogP) is 8.74. The third-order valence-corrected chi connectivity index (χ3v) is 9.90. The molecule has 1 fully saturated rings. The van der Waals surface area contributed by atoms with Gasteiger partial charge in [0.2, 0.25) is 0 Å². The molecule has 0 N–H and O–H groups in total. The second-order valence-electron chi connectivity index (χ2n) is 12.0. The molecule has 0 spiro atoms. The van der Waals surface area contributed by atoms with Crippen LogP contribution >= 0.6 is 0 Å². The largest absolute Gasteiger partial charge is 0.360 e.